The summed E-state index contributed by atoms with van der Waals surface area (Å²) in [5.74, 6) is -1.28. The molecule has 174 valence electrons. The number of rotatable bonds is 9. The lowest BCUT2D eigenvalue weighted by molar-refractivity contribution is -0.157. The van der Waals surface area contributed by atoms with Gasteiger partial charge in [-0.05, 0) is 67.2 Å². The van der Waals surface area contributed by atoms with Crippen molar-refractivity contribution in [1.29, 1.82) is 0 Å². The van der Waals surface area contributed by atoms with Crippen LogP contribution in [0, 0.1) is 0 Å². The minimum Gasteiger partial charge on any atom is -0.459 e. The van der Waals surface area contributed by atoms with Gasteiger partial charge in [0.2, 0.25) is 15.9 Å². The Morgan fingerprint density at radius 2 is 1.70 bits per heavy atom. The number of carbonyl (C=O) groups excluding carboxylic acids is 3. The van der Waals surface area contributed by atoms with Gasteiger partial charge in [0.05, 0.1) is 0 Å². The third kappa shape index (κ3) is 9.75. The highest BCUT2D eigenvalue weighted by molar-refractivity contribution is 7.90. The third-order valence-corrected chi connectivity index (χ3v) is 5.77. The first-order valence-electron chi connectivity index (χ1n) is 10.1. The number of amides is 2. The summed E-state index contributed by atoms with van der Waals surface area (Å²) in [7, 11) is -4.04. The van der Waals surface area contributed by atoms with Gasteiger partial charge in [-0.3, -0.25) is 9.59 Å². The van der Waals surface area contributed by atoms with Gasteiger partial charge in [0.25, 0.3) is 0 Å². The molecule has 0 bridgehead atoms. The summed E-state index contributed by atoms with van der Waals surface area (Å²) < 4.78 is 38.0. The zero-order valence-electron chi connectivity index (χ0n) is 18.7. The third-order valence-electron chi connectivity index (χ3n) is 3.96. The molecule has 1 aliphatic rings. The van der Waals surface area contributed by atoms with Crippen LogP contribution in [0.25, 0.3) is 0 Å². The number of sulfonamides is 1. The molecule has 1 saturated heterocycles. The molecule has 0 radical (unpaired) electrons. The maximum atomic E-state index is 12.6. The van der Waals surface area contributed by atoms with Crippen LogP contribution in [0.3, 0.4) is 0 Å². The fraction of sp³-hybridized carbons (Fsp3) is 0.842. The highest BCUT2D eigenvalue weighted by Gasteiger charge is 2.39. The Balaban J connectivity index is 2.65. The number of hydrogen-bond acceptors (Lipinski definition) is 7. The van der Waals surface area contributed by atoms with Gasteiger partial charge in [0.15, 0.2) is 5.25 Å². The first kappa shape index (κ1) is 26.2. The van der Waals surface area contributed by atoms with Crippen molar-refractivity contribution in [3.63, 3.8) is 0 Å². The molecule has 30 heavy (non-hydrogen) atoms. The van der Waals surface area contributed by atoms with Crippen LogP contribution in [0.2, 0.25) is 0 Å². The molecule has 0 aromatic heterocycles. The molecule has 10 nitrogen and oxygen atoms in total. The summed E-state index contributed by atoms with van der Waals surface area (Å²) in [6.07, 6.45) is 0.718. The zero-order valence-corrected chi connectivity index (χ0v) is 19.5. The quantitative estimate of drug-likeness (QED) is 0.355. The summed E-state index contributed by atoms with van der Waals surface area (Å²) in [5.41, 5.74) is -1.39. The Labute approximate surface area is 178 Å². The van der Waals surface area contributed by atoms with Crippen molar-refractivity contribution in [1.82, 2.24) is 15.4 Å². The summed E-state index contributed by atoms with van der Waals surface area (Å²) in [6.45, 7) is 10.9. The predicted molar refractivity (Wildman–Crippen MR) is 111 cm³/mol. The molecule has 0 aromatic carbocycles. The lowest BCUT2D eigenvalue weighted by Crippen LogP contribution is -2.48. The van der Waals surface area contributed by atoms with Gasteiger partial charge in [-0.2, -0.15) is 0 Å². The van der Waals surface area contributed by atoms with E-state index in [-0.39, 0.29) is 19.4 Å². The SMILES string of the molecule is CC(C)(C)OC(=O)NCCCC[C@H](NS(=O)(=O)C1CCNC1=O)C(=O)OC(C)(C)C. The minimum absolute atomic E-state index is 0.148. The van der Waals surface area contributed by atoms with E-state index in [9.17, 15) is 22.8 Å². The van der Waals surface area contributed by atoms with E-state index in [2.05, 4.69) is 15.4 Å². The topological polar surface area (TPSA) is 140 Å². The van der Waals surface area contributed by atoms with E-state index in [1.54, 1.807) is 41.5 Å². The molecular weight excluding hydrogens is 414 g/mol. The molecule has 1 unspecified atom stereocenters. The van der Waals surface area contributed by atoms with Crippen molar-refractivity contribution in [2.24, 2.45) is 0 Å². The molecular formula is C19H35N3O7S. The lowest BCUT2D eigenvalue weighted by Gasteiger charge is -2.25. The van der Waals surface area contributed by atoms with Crippen LogP contribution in [0.5, 0.6) is 0 Å². The Kier molecular flexibility index (Phi) is 9.09. The average molecular weight is 450 g/mol. The number of ether oxygens (including phenoxy) is 2. The molecule has 1 heterocycles. The summed E-state index contributed by atoms with van der Waals surface area (Å²) >= 11 is 0. The van der Waals surface area contributed by atoms with E-state index >= 15 is 0 Å². The zero-order chi connectivity index (χ0) is 23.2. The second-order valence-corrected chi connectivity index (χ2v) is 11.1. The fourth-order valence-corrected chi connectivity index (χ4v) is 4.29. The molecule has 11 heteroatoms. The van der Waals surface area contributed by atoms with Crippen molar-refractivity contribution in [3.8, 4) is 0 Å². The van der Waals surface area contributed by atoms with Gasteiger partial charge in [-0.25, -0.2) is 17.9 Å². The van der Waals surface area contributed by atoms with E-state index in [1.807, 2.05) is 0 Å². The highest BCUT2D eigenvalue weighted by Crippen LogP contribution is 2.16. The molecule has 2 atom stereocenters. The Bertz CT molecular complexity index is 723. The van der Waals surface area contributed by atoms with Crippen LogP contribution in [0.15, 0.2) is 0 Å². The molecule has 2 amide bonds. The maximum absolute atomic E-state index is 12.6. The first-order chi connectivity index (χ1) is 13.6. The normalized spacial score (nSPS) is 18.5. The monoisotopic (exact) mass is 449 g/mol. The number of nitrogens with one attached hydrogen (secondary N) is 3. The molecule has 3 N–H and O–H groups in total. The van der Waals surface area contributed by atoms with Gasteiger partial charge in [-0.1, -0.05) is 0 Å². The van der Waals surface area contributed by atoms with Crippen molar-refractivity contribution in [3.05, 3.63) is 0 Å². The predicted octanol–water partition coefficient (Wildman–Crippen LogP) is 1.20. The van der Waals surface area contributed by atoms with E-state index in [1.165, 1.54) is 0 Å². The van der Waals surface area contributed by atoms with Crippen molar-refractivity contribution in [2.45, 2.75) is 89.7 Å². The lowest BCUT2D eigenvalue weighted by atomic mass is 10.1. The van der Waals surface area contributed by atoms with E-state index < -0.39 is 50.5 Å². The number of esters is 1. The van der Waals surface area contributed by atoms with Gasteiger partial charge in [-0.15, -0.1) is 0 Å². The average Bonchev–Trinajstić information content (AvgIpc) is 2.97. The largest absolute Gasteiger partial charge is 0.459 e. The molecule has 0 spiro atoms. The number of hydrogen-bond donors (Lipinski definition) is 3. The van der Waals surface area contributed by atoms with E-state index in [4.69, 9.17) is 9.47 Å². The molecule has 1 fully saturated rings. The first-order valence-corrected chi connectivity index (χ1v) is 11.6. The number of unbranched alkanes of at least 4 members (excludes halogenated alkanes) is 1. The van der Waals surface area contributed by atoms with Crippen molar-refractivity contribution in [2.75, 3.05) is 13.1 Å². The van der Waals surface area contributed by atoms with Gasteiger partial charge in [0.1, 0.15) is 17.2 Å². The van der Waals surface area contributed by atoms with Crippen LogP contribution < -0.4 is 15.4 Å². The molecule has 1 aliphatic heterocycles. The second kappa shape index (κ2) is 10.4. The molecule has 0 saturated carbocycles. The standard InChI is InChI=1S/C19H35N3O7S/c1-18(2,3)28-16(24)13(22-30(26,27)14-10-12-20-15(14)23)9-7-8-11-21-17(25)29-19(4,5)6/h13-14,22H,7-12H2,1-6H3,(H,20,23)(H,21,25)/t13-,14?/m0/s1. The van der Waals surface area contributed by atoms with Gasteiger partial charge >= 0.3 is 12.1 Å². The van der Waals surface area contributed by atoms with Crippen molar-refractivity contribution >= 4 is 28.0 Å². The van der Waals surface area contributed by atoms with Gasteiger partial charge < -0.3 is 20.1 Å². The maximum Gasteiger partial charge on any atom is 0.407 e. The van der Waals surface area contributed by atoms with Crippen LogP contribution >= 0.6 is 0 Å². The Morgan fingerprint density at radius 1 is 1.10 bits per heavy atom. The second-order valence-electron chi connectivity index (χ2n) is 9.24. The molecule has 0 aliphatic carbocycles. The van der Waals surface area contributed by atoms with Crippen molar-refractivity contribution < 1.29 is 32.3 Å². The number of alkyl carbamates (subject to hydrolysis) is 1. The van der Waals surface area contributed by atoms with E-state index in [0.717, 1.165) is 0 Å². The molecule has 1 rings (SSSR count). The van der Waals surface area contributed by atoms with Crippen LogP contribution in [-0.4, -0.2) is 62.0 Å². The molecule has 0 aromatic rings. The summed E-state index contributed by atoms with van der Waals surface area (Å²) in [6, 6.07) is -1.12. The van der Waals surface area contributed by atoms with Crippen LogP contribution in [0.1, 0.15) is 67.2 Å². The highest BCUT2D eigenvalue weighted by atomic mass is 32.2. The smallest absolute Gasteiger partial charge is 0.407 e. The van der Waals surface area contributed by atoms with Crippen LogP contribution in [-0.2, 0) is 29.1 Å². The minimum atomic E-state index is -4.04. The van der Waals surface area contributed by atoms with Crippen LogP contribution in [0.4, 0.5) is 4.79 Å². The number of carbonyl (C=O) groups is 3. The Morgan fingerprint density at radius 3 is 2.20 bits per heavy atom. The summed E-state index contributed by atoms with van der Waals surface area (Å²) in [5, 5.41) is 3.86. The Hall–Kier alpha value is -1.88. The summed E-state index contributed by atoms with van der Waals surface area (Å²) in [4.78, 5) is 35.9. The fourth-order valence-electron chi connectivity index (χ4n) is 2.72. The van der Waals surface area contributed by atoms with Gasteiger partial charge in [0, 0.05) is 13.1 Å². The van der Waals surface area contributed by atoms with E-state index in [0.29, 0.717) is 19.4 Å².